The van der Waals surface area contributed by atoms with Gasteiger partial charge in [-0.15, -0.1) is 11.3 Å². The maximum atomic E-state index is 13.4. The molecule has 1 aromatic rings. The first kappa shape index (κ1) is 30.3. The molecular formula is C28H37N3O6S2Si. The van der Waals surface area contributed by atoms with Crippen LogP contribution in [0, 0.1) is 11.8 Å². The number of esters is 1. The van der Waals surface area contributed by atoms with Gasteiger partial charge in [-0.2, -0.15) is 0 Å². The standard InChI is InChI=1S/C28H37N3O6S2Si/c1-8-14-35-26(33)23-24(17(3)22-21(25(32)31(22)23)18(4)37-40(5,6)7)39-27-29-20(16-38-27)19-10-12-30(13-11-19)28(34)36-15-9-2/h8-10,16-18,21-22H,1-2,11-15H2,3-7H3/t17-,18-,21-,22-/m1/s1. The number of carbonyl (C=O) groups excluding carboxylic acids is 3. The van der Waals surface area contributed by atoms with Gasteiger partial charge < -0.3 is 23.7 Å². The third-order valence-corrected chi connectivity index (χ3v) is 10.3. The van der Waals surface area contributed by atoms with Crippen molar-refractivity contribution >= 4 is 55.0 Å². The molecule has 4 heterocycles. The second-order valence-electron chi connectivity index (χ2n) is 10.9. The molecule has 12 heteroatoms. The number of fused-ring (bicyclic) bond motifs is 1. The summed E-state index contributed by atoms with van der Waals surface area (Å²) in [5, 5.41) is 1.99. The van der Waals surface area contributed by atoms with Crippen LogP contribution < -0.4 is 0 Å². The smallest absolute Gasteiger partial charge is 0.410 e. The lowest BCUT2D eigenvalue weighted by Crippen LogP contribution is -2.64. The molecule has 1 saturated heterocycles. The van der Waals surface area contributed by atoms with Crippen molar-refractivity contribution in [2.45, 2.75) is 56.4 Å². The molecule has 1 fully saturated rings. The highest BCUT2D eigenvalue weighted by molar-refractivity contribution is 8.04. The maximum absolute atomic E-state index is 13.4. The van der Waals surface area contributed by atoms with Gasteiger partial charge in [0.1, 0.15) is 18.9 Å². The first-order valence-electron chi connectivity index (χ1n) is 13.3. The number of thiazole rings is 1. The SMILES string of the molecule is C=CCOC(=O)C1=C(Sc2nc(C3=CCN(C(=O)OCC=C)CC3)cs2)[C@H](C)[C@@H]2[C@@H]([C@@H](C)O[Si](C)(C)C)C(=O)N12. The quantitative estimate of drug-likeness (QED) is 0.145. The van der Waals surface area contributed by atoms with E-state index in [0.717, 1.165) is 20.5 Å². The first-order chi connectivity index (χ1) is 19.0. The van der Waals surface area contributed by atoms with Crippen LogP contribution in [0.25, 0.3) is 5.57 Å². The van der Waals surface area contributed by atoms with Crippen molar-refractivity contribution in [3.8, 4) is 0 Å². The maximum Gasteiger partial charge on any atom is 0.410 e. The number of carbonyl (C=O) groups is 3. The summed E-state index contributed by atoms with van der Waals surface area (Å²) in [6.45, 7) is 18.8. The third-order valence-electron chi connectivity index (χ3n) is 6.96. The Balaban J connectivity index is 1.53. The van der Waals surface area contributed by atoms with Gasteiger partial charge in [-0.05, 0) is 38.6 Å². The predicted molar refractivity (Wildman–Crippen MR) is 159 cm³/mol. The number of hydrogen-bond acceptors (Lipinski definition) is 9. The van der Waals surface area contributed by atoms with Crippen molar-refractivity contribution < 1.29 is 28.3 Å². The number of aromatic nitrogens is 1. The summed E-state index contributed by atoms with van der Waals surface area (Å²) in [5.41, 5.74) is 2.21. The Labute approximate surface area is 245 Å². The molecule has 0 unspecified atom stereocenters. The minimum absolute atomic E-state index is 0.0631. The van der Waals surface area contributed by atoms with Crippen molar-refractivity contribution in [2.75, 3.05) is 26.3 Å². The molecule has 0 aliphatic carbocycles. The molecule has 1 aromatic heterocycles. The van der Waals surface area contributed by atoms with Gasteiger partial charge in [0.15, 0.2) is 12.7 Å². The number of nitrogens with zero attached hydrogens (tertiary/aromatic N) is 3. The van der Waals surface area contributed by atoms with Gasteiger partial charge in [0.2, 0.25) is 5.91 Å². The zero-order valence-corrected chi connectivity index (χ0v) is 26.3. The van der Waals surface area contributed by atoms with E-state index in [-0.39, 0.29) is 49.2 Å². The fraction of sp³-hybridized carbons (Fsp3) is 0.500. The van der Waals surface area contributed by atoms with E-state index in [4.69, 9.17) is 18.9 Å². The van der Waals surface area contributed by atoms with Gasteiger partial charge in [0, 0.05) is 29.3 Å². The summed E-state index contributed by atoms with van der Waals surface area (Å²) in [7, 11) is -1.86. The zero-order valence-electron chi connectivity index (χ0n) is 23.7. The zero-order chi connectivity index (χ0) is 29.2. The molecule has 3 aliphatic rings. The van der Waals surface area contributed by atoms with Gasteiger partial charge in [0.25, 0.3) is 0 Å². The number of ether oxygens (including phenoxy) is 2. The second-order valence-corrected chi connectivity index (χ2v) is 17.5. The van der Waals surface area contributed by atoms with Crippen LogP contribution >= 0.6 is 23.1 Å². The molecule has 0 saturated carbocycles. The van der Waals surface area contributed by atoms with Crippen molar-refractivity contribution in [1.29, 1.82) is 0 Å². The highest BCUT2D eigenvalue weighted by atomic mass is 32.2. The summed E-state index contributed by atoms with van der Waals surface area (Å²) in [4.78, 5) is 47.5. The molecule has 4 rings (SSSR count). The molecule has 0 N–H and O–H groups in total. The van der Waals surface area contributed by atoms with Gasteiger partial charge in [-0.3, -0.25) is 4.79 Å². The fourth-order valence-corrected chi connectivity index (χ4v) is 8.67. The number of rotatable bonds is 11. The number of amides is 2. The van der Waals surface area contributed by atoms with Crippen LogP contribution in [0.1, 0.15) is 26.0 Å². The molecule has 0 bridgehead atoms. The Morgan fingerprint density at radius 3 is 2.58 bits per heavy atom. The van der Waals surface area contributed by atoms with E-state index >= 15 is 0 Å². The Bertz CT molecular complexity index is 1250. The average Bonchev–Trinajstić information content (AvgIpc) is 3.46. The van der Waals surface area contributed by atoms with E-state index < -0.39 is 14.3 Å². The lowest BCUT2D eigenvalue weighted by molar-refractivity contribution is -0.163. The molecule has 0 spiro atoms. The van der Waals surface area contributed by atoms with Gasteiger partial charge in [-0.25, -0.2) is 14.6 Å². The summed E-state index contributed by atoms with van der Waals surface area (Å²) >= 11 is 2.91. The summed E-state index contributed by atoms with van der Waals surface area (Å²) in [6, 6.07) is -0.167. The minimum atomic E-state index is -1.86. The summed E-state index contributed by atoms with van der Waals surface area (Å²) < 4.78 is 17.6. The van der Waals surface area contributed by atoms with Crippen molar-refractivity contribution in [2.24, 2.45) is 11.8 Å². The topological polar surface area (TPSA) is 98.3 Å². The Morgan fingerprint density at radius 2 is 1.95 bits per heavy atom. The predicted octanol–water partition coefficient (Wildman–Crippen LogP) is 5.30. The lowest BCUT2D eigenvalue weighted by Gasteiger charge is -2.48. The first-order valence-corrected chi connectivity index (χ1v) is 18.5. The van der Waals surface area contributed by atoms with Crippen LogP contribution in [0.5, 0.6) is 0 Å². The van der Waals surface area contributed by atoms with E-state index in [1.54, 1.807) is 15.9 Å². The molecule has 0 radical (unpaired) electrons. The normalized spacial score (nSPS) is 23.3. The molecule has 216 valence electrons. The third kappa shape index (κ3) is 6.29. The molecule has 3 aliphatic heterocycles. The van der Waals surface area contributed by atoms with Crippen LogP contribution in [-0.4, -0.2) is 79.5 Å². The van der Waals surface area contributed by atoms with Gasteiger partial charge in [-0.1, -0.05) is 50.1 Å². The van der Waals surface area contributed by atoms with E-state index in [2.05, 4.69) is 32.8 Å². The Kier molecular flexibility index (Phi) is 9.43. The molecule has 40 heavy (non-hydrogen) atoms. The minimum Gasteiger partial charge on any atom is -0.457 e. The van der Waals surface area contributed by atoms with Crippen LogP contribution in [0.4, 0.5) is 4.79 Å². The van der Waals surface area contributed by atoms with Crippen molar-refractivity contribution in [3.05, 3.63) is 53.1 Å². The van der Waals surface area contributed by atoms with Crippen LogP contribution in [0.2, 0.25) is 19.6 Å². The molecular weight excluding hydrogens is 567 g/mol. The molecule has 4 atom stereocenters. The van der Waals surface area contributed by atoms with E-state index in [1.807, 2.05) is 25.3 Å². The highest BCUT2D eigenvalue weighted by Crippen LogP contribution is 2.53. The Hall–Kier alpha value is -2.67. The summed E-state index contributed by atoms with van der Waals surface area (Å²) in [6.07, 6.45) is 5.12. The largest absolute Gasteiger partial charge is 0.457 e. The number of β-lactam (4-membered cyclic amide) rings is 1. The van der Waals surface area contributed by atoms with Crippen molar-refractivity contribution in [1.82, 2.24) is 14.8 Å². The fourth-order valence-electron chi connectivity index (χ4n) is 5.30. The lowest BCUT2D eigenvalue weighted by atomic mass is 9.79. The van der Waals surface area contributed by atoms with E-state index in [9.17, 15) is 14.4 Å². The van der Waals surface area contributed by atoms with Crippen LogP contribution in [-0.2, 0) is 23.5 Å². The monoisotopic (exact) mass is 603 g/mol. The highest BCUT2D eigenvalue weighted by Gasteiger charge is 2.61. The Morgan fingerprint density at radius 1 is 1.25 bits per heavy atom. The average molecular weight is 604 g/mol. The van der Waals surface area contributed by atoms with Crippen LogP contribution in [0.3, 0.4) is 0 Å². The van der Waals surface area contributed by atoms with Crippen LogP contribution in [0.15, 0.2) is 51.7 Å². The van der Waals surface area contributed by atoms with E-state index in [0.29, 0.717) is 25.2 Å². The van der Waals surface area contributed by atoms with E-state index in [1.165, 1.54) is 29.2 Å². The molecule has 2 amide bonds. The molecule has 0 aromatic carbocycles. The summed E-state index contributed by atoms with van der Waals surface area (Å²) in [5.74, 6) is -1.03. The van der Waals surface area contributed by atoms with Gasteiger partial charge in [0.05, 0.1) is 23.8 Å². The van der Waals surface area contributed by atoms with Crippen molar-refractivity contribution in [3.63, 3.8) is 0 Å². The number of hydrogen-bond donors (Lipinski definition) is 0. The second kappa shape index (κ2) is 12.5. The molecule has 9 nitrogen and oxygen atoms in total. The van der Waals surface area contributed by atoms with Gasteiger partial charge >= 0.3 is 12.1 Å². The number of thioether (sulfide) groups is 1.